The van der Waals surface area contributed by atoms with Crippen LogP contribution in [-0.4, -0.2) is 45.5 Å². The second-order valence-corrected chi connectivity index (χ2v) is 8.58. The smallest absolute Gasteiger partial charge is 0.338 e. The third-order valence-electron chi connectivity index (χ3n) is 4.13. The largest absolute Gasteiger partial charge is 0.495 e. The SMILES string of the molecule is COc1ccc(C(=O)OCC(C)C)cc1S(=O)(=O)N1CCCCCC1. The van der Waals surface area contributed by atoms with Crippen LogP contribution >= 0.6 is 0 Å². The number of benzene rings is 1. The summed E-state index contributed by atoms with van der Waals surface area (Å²) in [5, 5.41) is 0. The summed E-state index contributed by atoms with van der Waals surface area (Å²) in [5.74, 6) is -0.0733. The lowest BCUT2D eigenvalue weighted by atomic mass is 10.2. The normalized spacial score (nSPS) is 16.5. The lowest BCUT2D eigenvalue weighted by Crippen LogP contribution is -2.32. The Morgan fingerprint density at radius 3 is 2.36 bits per heavy atom. The lowest BCUT2D eigenvalue weighted by Gasteiger charge is -2.21. The van der Waals surface area contributed by atoms with E-state index in [-0.39, 0.29) is 22.1 Å². The third kappa shape index (κ3) is 4.95. The zero-order valence-corrected chi connectivity index (χ0v) is 16.0. The molecule has 0 N–H and O–H groups in total. The number of hydrogen-bond donors (Lipinski definition) is 0. The Balaban J connectivity index is 2.34. The van der Waals surface area contributed by atoms with Gasteiger partial charge < -0.3 is 9.47 Å². The topological polar surface area (TPSA) is 72.9 Å². The van der Waals surface area contributed by atoms with Gasteiger partial charge in [0.05, 0.1) is 19.3 Å². The maximum absolute atomic E-state index is 13.1. The first-order valence-electron chi connectivity index (χ1n) is 8.71. The Bertz CT molecular complexity index is 691. The Morgan fingerprint density at radius 1 is 1.16 bits per heavy atom. The van der Waals surface area contributed by atoms with Crippen molar-refractivity contribution in [2.75, 3.05) is 26.8 Å². The van der Waals surface area contributed by atoms with Gasteiger partial charge in [-0.2, -0.15) is 4.31 Å². The van der Waals surface area contributed by atoms with E-state index >= 15 is 0 Å². The number of nitrogens with zero attached hydrogens (tertiary/aromatic N) is 1. The molecule has 1 aliphatic heterocycles. The maximum atomic E-state index is 13.1. The Kier molecular flexibility index (Phi) is 6.84. The van der Waals surface area contributed by atoms with Gasteiger partial charge in [0.1, 0.15) is 10.6 Å². The quantitative estimate of drug-likeness (QED) is 0.721. The summed E-state index contributed by atoms with van der Waals surface area (Å²) in [5.41, 5.74) is 0.217. The minimum atomic E-state index is -3.71. The molecule has 1 heterocycles. The number of hydrogen-bond acceptors (Lipinski definition) is 5. The fraction of sp³-hybridized carbons (Fsp3) is 0.611. The molecule has 1 aliphatic rings. The molecule has 0 radical (unpaired) electrons. The van der Waals surface area contributed by atoms with Gasteiger partial charge in [-0.1, -0.05) is 26.7 Å². The molecule has 7 heteroatoms. The highest BCUT2D eigenvalue weighted by atomic mass is 32.2. The standard InChI is InChI=1S/C18H27NO5S/c1-14(2)13-24-18(20)15-8-9-16(23-3)17(12-15)25(21,22)19-10-6-4-5-7-11-19/h8-9,12,14H,4-7,10-11,13H2,1-3H3. The molecule has 2 rings (SSSR count). The molecule has 140 valence electrons. The van der Waals surface area contributed by atoms with Gasteiger partial charge in [0.2, 0.25) is 10.0 Å². The van der Waals surface area contributed by atoms with Crippen molar-refractivity contribution >= 4 is 16.0 Å². The van der Waals surface area contributed by atoms with Crippen LogP contribution in [0.4, 0.5) is 0 Å². The van der Waals surface area contributed by atoms with Gasteiger partial charge in [0.15, 0.2) is 0 Å². The van der Waals surface area contributed by atoms with Crippen LogP contribution in [0.5, 0.6) is 5.75 Å². The fourth-order valence-electron chi connectivity index (χ4n) is 2.75. The summed E-state index contributed by atoms with van der Waals surface area (Å²) < 4.78 is 38.0. The summed E-state index contributed by atoms with van der Waals surface area (Å²) in [7, 11) is -2.29. The fourth-order valence-corrected chi connectivity index (χ4v) is 4.45. The molecule has 1 fully saturated rings. The average Bonchev–Trinajstić information content (AvgIpc) is 2.89. The van der Waals surface area contributed by atoms with E-state index in [4.69, 9.17) is 9.47 Å². The van der Waals surface area contributed by atoms with E-state index in [2.05, 4.69) is 0 Å². The molecule has 0 spiro atoms. The number of esters is 1. The highest BCUT2D eigenvalue weighted by Gasteiger charge is 2.29. The first-order chi connectivity index (χ1) is 11.9. The van der Waals surface area contributed by atoms with E-state index in [0.29, 0.717) is 19.7 Å². The highest BCUT2D eigenvalue weighted by molar-refractivity contribution is 7.89. The average molecular weight is 369 g/mol. The van der Waals surface area contributed by atoms with Gasteiger partial charge in [-0.05, 0) is 37.0 Å². The van der Waals surface area contributed by atoms with E-state index in [0.717, 1.165) is 25.7 Å². The van der Waals surface area contributed by atoms with E-state index in [1.807, 2.05) is 13.8 Å². The summed E-state index contributed by atoms with van der Waals surface area (Å²) >= 11 is 0. The number of methoxy groups -OCH3 is 1. The first-order valence-corrected chi connectivity index (χ1v) is 10.2. The summed E-state index contributed by atoms with van der Waals surface area (Å²) in [6.07, 6.45) is 3.75. The molecular weight excluding hydrogens is 342 g/mol. The molecular formula is C18H27NO5S. The van der Waals surface area contributed by atoms with Crippen LogP contribution in [0.1, 0.15) is 49.9 Å². The predicted octanol–water partition coefficient (Wildman–Crippen LogP) is 3.07. The van der Waals surface area contributed by atoms with Crippen molar-refractivity contribution in [1.82, 2.24) is 4.31 Å². The van der Waals surface area contributed by atoms with Crippen molar-refractivity contribution < 1.29 is 22.7 Å². The molecule has 0 bridgehead atoms. The third-order valence-corrected chi connectivity index (χ3v) is 6.05. The Hall–Kier alpha value is -1.60. The molecule has 0 unspecified atom stereocenters. The minimum absolute atomic E-state index is 0.0240. The number of ether oxygens (including phenoxy) is 2. The van der Waals surface area contributed by atoms with Gasteiger partial charge in [-0.25, -0.2) is 13.2 Å². The van der Waals surface area contributed by atoms with Gasteiger partial charge in [0, 0.05) is 13.1 Å². The zero-order chi connectivity index (χ0) is 18.4. The van der Waals surface area contributed by atoms with Crippen LogP contribution in [0.15, 0.2) is 23.1 Å². The van der Waals surface area contributed by atoms with E-state index in [1.165, 1.54) is 29.6 Å². The molecule has 1 saturated heterocycles. The molecule has 1 aromatic rings. The van der Waals surface area contributed by atoms with Gasteiger partial charge >= 0.3 is 5.97 Å². The summed E-state index contributed by atoms with van der Waals surface area (Å²) in [6.45, 7) is 5.16. The number of rotatable bonds is 6. The molecule has 0 aliphatic carbocycles. The van der Waals surface area contributed by atoms with Crippen LogP contribution in [0, 0.1) is 5.92 Å². The van der Waals surface area contributed by atoms with E-state index in [1.54, 1.807) is 0 Å². The van der Waals surface area contributed by atoms with Crippen LogP contribution in [0.25, 0.3) is 0 Å². The van der Waals surface area contributed by atoms with Gasteiger partial charge in [-0.15, -0.1) is 0 Å². The second-order valence-electron chi connectivity index (χ2n) is 6.68. The van der Waals surface area contributed by atoms with Crippen molar-refractivity contribution in [2.45, 2.75) is 44.4 Å². The second kappa shape index (κ2) is 8.67. The van der Waals surface area contributed by atoms with E-state index < -0.39 is 16.0 Å². The Labute approximate surface area is 150 Å². The van der Waals surface area contributed by atoms with Gasteiger partial charge in [0.25, 0.3) is 0 Å². The molecule has 6 nitrogen and oxygen atoms in total. The molecule has 0 aromatic heterocycles. The molecule has 0 amide bonds. The molecule has 25 heavy (non-hydrogen) atoms. The zero-order valence-electron chi connectivity index (χ0n) is 15.2. The molecule has 0 saturated carbocycles. The highest BCUT2D eigenvalue weighted by Crippen LogP contribution is 2.29. The number of carbonyl (C=O) groups excluding carboxylic acids is 1. The van der Waals surface area contributed by atoms with Crippen molar-refractivity contribution in [3.05, 3.63) is 23.8 Å². The van der Waals surface area contributed by atoms with Crippen LogP contribution in [0.2, 0.25) is 0 Å². The monoisotopic (exact) mass is 369 g/mol. The van der Waals surface area contributed by atoms with Crippen LogP contribution < -0.4 is 4.74 Å². The van der Waals surface area contributed by atoms with Crippen molar-refractivity contribution in [2.24, 2.45) is 5.92 Å². The van der Waals surface area contributed by atoms with Crippen molar-refractivity contribution in [3.8, 4) is 5.75 Å². The van der Waals surface area contributed by atoms with E-state index in [9.17, 15) is 13.2 Å². The Morgan fingerprint density at radius 2 is 1.80 bits per heavy atom. The summed E-state index contributed by atoms with van der Waals surface area (Å²) in [6, 6.07) is 4.40. The van der Waals surface area contributed by atoms with Crippen molar-refractivity contribution in [1.29, 1.82) is 0 Å². The van der Waals surface area contributed by atoms with Gasteiger partial charge in [-0.3, -0.25) is 0 Å². The number of sulfonamides is 1. The first kappa shape index (κ1) is 19.7. The molecule has 1 aromatic carbocycles. The van der Waals surface area contributed by atoms with Crippen LogP contribution in [0.3, 0.4) is 0 Å². The van der Waals surface area contributed by atoms with Crippen molar-refractivity contribution in [3.63, 3.8) is 0 Å². The van der Waals surface area contributed by atoms with Crippen LogP contribution in [-0.2, 0) is 14.8 Å². The lowest BCUT2D eigenvalue weighted by molar-refractivity contribution is 0.0458. The minimum Gasteiger partial charge on any atom is -0.495 e. The maximum Gasteiger partial charge on any atom is 0.338 e. The summed E-state index contributed by atoms with van der Waals surface area (Å²) in [4.78, 5) is 12.2. The number of carbonyl (C=O) groups is 1. The molecule has 0 atom stereocenters. The predicted molar refractivity (Wildman–Crippen MR) is 95.3 cm³/mol.